The molecule has 1 aliphatic carbocycles. The minimum absolute atomic E-state index is 0.318. The smallest absolute Gasteiger partial charge is 0.259 e. The number of anilines is 1. The fraction of sp³-hybridized carbons (Fsp3) is 0.389. The van der Waals surface area contributed by atoms with Gasteiger partial charge in [0.2, 0.25) is 0 Å². The van der Waals surface area contributed by atoms with Crippen LogP contribution in [0.5, 0.6) is 0 Å². The third-order valence-corrected chi connectivity index (χ3v) is 6.08. The Kier molecular flexibility index (Phi) is 3.14. The summed E-state index contributed by atoms with van der Waals surface area (Å²) in [5, 5.41) is 0.583. The molecule has 0 N–H and O–H groups in total. The van der Waals surface area contributed by atoms with Gasteiger partial charge in [-0.3, -0.25) is 4.40 Å². The zero-order valence-electron chi connectivity index (χ0n) is 14.0. The van der Waals surface area contributed by atoms with Gasteiger partial charge in [-0.25, -0.2) is 23.7 Å². The molecule has 0 spiro atoms. The van der Waals surface area contributed by atoms with Crippen molar-refractivity contribution in [1.29, 1.82) is 0 Å². The molecule has 0 aromatic carbocycles. The van der Waals surface area contributed by atoms with Crippen LogP contribution in [0.2, 0.25) is 5.02 Å². The largest absolute Gasteiger partial charge is 0.356 e. The van der Waals surface area contributed by atoms with Crippen LogP contribution in [0, 0.1) is 11.3 Å². The molecule has 4 heterocycles. The Labute approximate surface area is 153 Å². The molecule has 0 amide bonds. The van der Waals surface area contributed by atoms with Gasteiger partial charge in [0.1, 0.15) is 17.2 Å². The second-order valence-electron chi connectivity index (χ2n) is 7.25. The molecule has 1 aliphatic heterocycles. The fourth-order valence-corrected chi connectivity index (χ4v) is 4.15. The molecule has 1 saturated heterocycles. The molecule has 5 nitrogen and oxygen atoms in total. The van der Waals surface area contributed by atoms with Crippen molar-refractivity contribution in [2.24, 2.45) is 11.3 Å². The van der Waals surface area contributed by atoms with E-state index in [1.165, 1.54) is 0 Å². The normalized spacial score (nSPS) is 26.8. The molecule has 8 heteroatoms. The molecule has 0 radical (unpaired) electrons. The molecule has 2 unspecified atom stereocenters. The monoisotopic (exact) mass is 375 g/mol. The van der Waals surface area contributed by atoms with Crippen LogP contribution in [0.1, 0.15) is 13.3 Å². The predicted octanol–water partition coefficient (Wildman–Crippen LogP) is 3.93. The Hall–Kier alpha value is -2.28. The lowest BCUT2D eigenvalue weighted by molar-refractivity contribution is 0.0636. The third-order valence-electron chi connectivity index (χ3n) is 5.85. The number of hydrogen-bond donors (Lipinski definition) is 0. The van der Waals surface area contributed by atoms with E-state index in [9.17, 15) is 8.78 Å². The van der Waals surface area contributed by atoms with Crippen molar-refractivity contribution < 1.29 is 8.78 Å². The molecule has 5 rings (SSSR count). The van der Waals surface area contributed by atoms with Gasteiger partial charge in [0, 0.05) is 30.9 Å². The molecule has 0 bridgehead atoms. The molecule has 1 saturated carbocycles. The lowest BCUT2D eigenvalue weighted by Gasteiger charge is -2.29. The van der Waals surface area contributed by atoms with Gasteiger partial charge >= 0.3 is 0 Å². The first-order valence-corrected chi connectivity index (χ1v) is 8.87. The van der Waals surface area contributed by atoms with Crippen LogP contribution in [0.25, 0.3) is 17.2 Å². The van der Waals surface area contributed by atoms with Gasteiger partial charge in [-0.15, -0.1) is 0 Å². The van der Waals surface area contributed by atoms with E-state index in [4.69, 9.17) is 11.6 Å². The first kappa shape index (κ1) is 15.9. The summed E-state index contributed by atoms with van der Waals surface area (Å²) in [5.41, 5.74) is 0.602. The summed E-state index contributed by atoms with van der Waals surface area (Å²) in [6, 6.07) is 5.35. The van der Waals surface area contributed by atoms with Gasteiger partial charge in [0.15, 0.2) is 5.82 Å². The zero-order chi connectivity index (χ0) is 18.1. The number of rotatable bonds is 2. The number of nitrogens with zero attached hydrogens (tertiary/aromatic N) is 5. The van der Waals surface area contributed by atoms with Gasteiger partial charge in [-0.1, -0.05) is 18.5 Å². The van der Waals surface area contributed by atoms with E-state index in [-0.39, 0.29) is 0 Å². The van der Waals surface area contributed by atoms with Gasteiger partial charge in [0.25, 0.3) is 5.92 Å². The number of hydrogen-bond acceptors (Lipinski definition) is 4. The van der Waals surface area contributed by atoms with Crippen LogP contribution < -0.4 is 4.90 Å². The number of pyridine rings is 1. The van der Waals surface area contributed by atoms with Crippen molar-refractivity contribution in [1.82, 2.24) is 19.4 Å². The Morgan fingerprint density at radius 1 is 1.23 bits per heavy atom. The lowest BCUT2D eigenvalue weighted by Crippen LogP contribution is -2.34. The predicted molar refractivity (Wildman–Crippen MR) is 94.6 cm³/mol. The average Bonchev–Trinajstić information content (AvgIpc) is 2.93. The molecule has 134 valence electrons. The Bertz CT molecular complexity index is 1020. The molecule has 3 aromatic rings. The highest BCUT2D eigenvalue weighted by Gasteiger charge is 2.78. The van der Waals surface area contributed by atoms with Crippen LogP contribution >= 0.6 is 11.6 Å². The number of halogens is 3. The Morgan fingerprint density at radius 3 is 2.88 bits per heavy atom. The highest BCUT2D eigenvalue weighted by Crippen LogP contribution is 2.69. The number of piperidine rings is 1. The van der Waals surface area contributed by atoms with Crippen LogP contribution in [-0.4, -0.2) is 38.4 Å². The summed E-state index contributed by atoms with van der Waals surface area (Å²) in [6.07, 6.45) is 5.56. The average molecular weight is 376 g/mol. The molecular formula is C18H16ClF2N5. The quantitative estimate of drug-likeness (QED) is 0.681. The summed E-state index contributed by atoms with van der Waals surface area (Å²) in [7, 11) is 0. The van der Waals surface area contributed by atoms with E-state index >= 15 is 0 Å². The second kappa shape index (κ2) is 5.13. The highest BCUT2D eigenvalue weighted by molar-refractivity contribution is 6.30. The maximum atomic E-state index is 14.0. The maximum absolute atomic E-state index is 14.0. The van der Waals surface area contributed by atoms with Gasteiger partial charge in [-0.2, -0.15) is 0 Å². The Balaban J connectivity index is 1.49. The number of aromatic nitrogens is 4. The second-order valence-corrected chi connectivity index (χ2v) is 7.68. The first-order chi connectivity index (χ1) is 12.4. The molecule has 2 atom stereocenters. The van der Waals surface area contributed by atoms with Crippen LogP contribution in [0.15, 0.2) is 36.8 Å². The van der Waals surface area contributed by atoms with Crippen molar-refractivity contribution in [3.8, 4) is 11.5 Å². The van der Waals surface area contributed by atoms with E-state index in [1.807, 2.05) is 15.4 Å². The van der Waals surface area contributed by atoms with E-state index in [1.54, 1.807) is 37.6 Å². The minimum atomic E-state index is -2.57. The van der Waals surface area contributed by atoms with Gasteiger partial charge in [-0.05, 0) is 24.6 Å². The summed E-state index contributed by atoms with van der Waals surface area (Å²) in [4.78, 5) is 15.2. The van der Waals surface area contributed by atoms with Crippen molar-refractivity contribution in [2.75, 3.05) is 18.0 Å². The summed E-state index contributed by atoms with van der Waals surface area (Å²) in [6.45, 7) is 2.57. The maximum Gasteiger partial charge on any atom is 0.259 e. The SMILES string of the molecule is CC12CCN(c3ccnc(-c4cnc5ccc(Cl)cn45)n3)CC1C2(F)F. The highest BCUT2D eigenvalue weighted by atomic mass is 35.5. The van der Waals surface area contributed by atoms with Crippen LogP contribution in [0.3, 0.4) is 0 Å². The van der Waals surface area contributed by atoms with E-state index < -0.39 is 17.3 Å². The number of alkyl halides is 2. The summed E-state index contributed by atoms with van der Waals surface area (Å²) >= 11 is 6.08. The van der Waals surface area contributed by atoms with E-state index in [0.717, 1.165) is 5.65 Å². The summed E-state index contributed by atoms with van der Waals surface area (Å²) < 4.78 is 29.8. The van der Waals surface area contributed by atoms with Crippen molar-refractivity contribution in [3.63, 3.8) is 0 Å². The number of fused-ring (bicyclic) bond motifs is 2. The Morgan fingerprint density at radius 2 is 2.08 bits per heavy atom. The summed E-state index contributed by atoms with van der Waals surface area (Å²) in [5.74, 6) is -2.02. The van der Waals surface area contributed by atoms with E-state index in [0.29, 0.717) is 41.9 Å². The minimum Gasteiger partial charge on any atom is -0.356 e. The molecule has 2 fully saturated rings. The molecule has 3 aromatic heterocycles. The van der Waals surface area contributed by atoms with Crippen LogP contribution in [-0.2, 0) is 0 Å². The van der Waals surface area contributed by atoms with Gasteiger partial charge in [0.05, 0.1) is 17.1 Å². The fourth-order valence-electron chi connectivity index (χ4n) is 3.99. The number of imidazole rings is 1. The van der Waals surface area contributed by atoms with Gasteiger partial charge < -0.3 is 4.90 Å². The lowest BCUT2D eigenvalue weighted by atomic mass is 9.97. The van der Waals surface area contributed by atoms with Crippen molar-refractivity contribution in [2.45, 2.75) is 19.3 Å². The first-order valence-electron chi connectivity index (χ1n) is 8.49. The molecular weight excluding hydrogens is 360 g/mol. The van der Waals surface area contributed by atoms with Crippen molar-refractivity contribution >= 4 is 23.1 Å². The van der Waals surface area contributed by atoms with Crippen molar-refractivity contribution in [3.05, 3.63) is 41.8 Å². The van der Waals surface area contributed by atoms with Crippen LogP contribution in [0.4, 0.5) is 14.6 Å². The topological polar surface area (TPSA) is 46.3 Å². The van der Waals surface area contributed by atoms with E-state index in [2.05, 4.69) is 15.0 Å². The standard InChI is InChI=1S/C18H16ClF2N5/c1-17-5-7-25(10-13(17)18(17,20)21)15-4-6-22-16(24-15)12-8-23-14-3-2-11(19)9-26(12)14/h2-4,6,8-9,13H,5,7,10H2,1H3. The molecule has 26 heavy (non-hydrogen) atoms. The molecule has 2 aliphatic rings. The third kappa shape index (κ3) is 2.09. The zero-order valence-corrected chi connectivity index (χ0v) is 14.8.